The second-order valence-electron chi connectivity index (χ2n) is 10.2. The molecule has 14 heteroatoms. The van der Waals surface area contributed by atoms with E-state index in [0.29, 0.717) is 55.5 Å². The van der Waals surface area contributed by atoms with Crippen LogP contribution < -0.4 is 10.0 Å². The Labute approximate surface area is 248 Å². The lowest BCUT2D eigenvalue weighted by Crippen LogP contribution is -2.29. The number of benzene rings is 2. The van der Waals surface area contributed by atoms with Crippen LogP contribution in [0.15, 0.2) is 47.4 Å². The standard InChI is InChI=1S/C28H33ClFN7O4S/c1-17(2)15-24(38)41-14-13-37(4)12-11-31-27-25-18(3)34-35-28(25)33-26(32-27)19-5-8-21(9-6-19)36-42(39,40)23-16-20(29)7-10-22(23)30/h5-10,16-17,36H,11-15H2,1-4H3,(H2,31,32,33,34,35). The van der Waals surface area contributed by atoms with E-state index in [1.165, 1.54) is 18.2 Å². The normalized spacial score (nSPS) is 11.8. The summed E-state index contributed by atoms with van der Waals surface area (Å²) < 4.78 is 47.2. The van der Waals surface area contributed by atoms with Gasteiger partial charge in [-0.15, -0.1) is 0 Å². The highest BCUT2D eigenvalue weighted by Crippen LogP contribution is 2.28. The molecule has 0 atom stereocenters. The fourth-order valence-corrected chi connectivity index (χ4v) is 5.50. The number of nitrogens with zero attached hydrogens (tertiary/aromatic N) is 4. The number of likely N-dealkylation sites (N-methyl/N-ethyl adjacent to an activating group) is 1. The van der Waals surface area contributed by atoms with E-state index >= 15 is 0 Å². The molecular formula is C28H33ClFN7O4S. The number of sulfonamides is 1. The number of rotatable bonds is 13. The van der Waals surface area contributed by atoms with E-state index in [9.17, 15) is 17.6 Å². The Morgan fingerprint density at radius 3 is 2.60 bits per heavy atom. The van der Waals surface area contributed by atoms with Gasteiger partial charge in [-0.25, -0.2) is 22.8 Å². The van der Waals surface area contributed by atoms with Gasteiger partial charge in [0.05, 0.1) is 11.1 Å². The van der Waals surface area contributed by atoms with Crippen LogP contribution in [0.4, 0.5) is 15.9 Å². The largest absolute Gasteiger partial charge is 0.464 e. The average Bonchev–Trinajstić information content (AvgIpc) is 3.30. The third kappa shape index (κ3) is 7.93. The minimum atomic E-state index is -4.20. The van der Waals surface area contributed by atoms with Crippen LogP contribution in [0.25, 0.3) is 22.4 Å². The number of aromatic amines is 1. The van der Waals surface area contributed by atoms with E-state index in [1.54, 1.807) is 12.1 Å². The van der Waals surface area contributed by atoms with Crippen LogP contribution in [0.5, 0.6) is 0 Å². The molecule has 11 nitrogen and oxygen atoms in total. The van der Waals surface area contributed by atoms with Gasteiger partial charge in [0.15, 0.2) is 11.5 Å². The minimum absolute atomic E-state index is 0.104. The van der Waals surface area contributed by atoms with Crippen LogP contribution in [-0.2, 0) is 19.6 Å². The molecule has 0 bridgehead atoms. The van der Waals surface area contributed by atoms with E-state index in [2.05, 4.69) is 25.2 Å². The van der Waals surface area contributed by atoms with E-state index in [4.69, 9.17) is 21.3 Å². The summed E-state index contributed by atoms with van der Waals surface area (Å²) in [5, 5.41) is 11.4. The molecule has 2 heterocycles. The highest BCUT2D eigenvalue weighted by atomic mass is 35.5. The molecule has 0 spiro atoms. The molecule has 0 aliphatic heterocycles. The number of halogens is 2. The number of hydrogen-bond acceptors (Lipinski definition) is 9. The van der Waals surface area contributed by atoms with Gasteiger partial charge < -0.3 is 15.0 Å². The summed E-state index contributed by atoms with van der Waals surface area (Å²) in [6.07, 6.45) is 0.405. The molecule has 2 aromatic heterocycles. The van der Waals surface area contributed by atoms with Crippen molar-refractivity contribution < 1.29 is 22.3 Å². The number of aromatic nitrogens is 4. The highest BCUT2D eigenvalue weighted by Gasteiger charge is 2.20. The molecule has 0 aliphatic rings. The topological polar surface area (TPSA) is 142 Å². The first kappa shape index (κ1) is 31.1. The summed E-state index contributed by atoms with van der Waals surface area (Å²) in [6, 6.07) is 9.73. The summed E-state index contributed by atoms with van der Waals surface area (Å²) in [6.45, 7) is 7.96. The Morgan fingerprint density at radius 1 is 1.14 bits per heavy atom. The molecule has 4 aromatic rings. The van der Waals surface area contributed by atoms with Gasteiger partial charge in [-0.2, -0.15) is 5.10 Å². The van der Waals surface area contributed by atoms with Crippen LogP contribution in [0, 0.1) is 18.7 Å². The Balaban J connectivity index is 1.43. The number of ether oxygens (including phenoxy) is 1. The fraction of sp³-hybridized carbons (Fsp3) is 0.357. The van der Waals surface area contributed by atoms with Gasteiger partial charge in [-0.05, 0) is 62.4 Å². The predicted octanol–water partition coefficient (Wildman–Crippen LogP) is 4.85. The van der Waals surface area contributed by atoms with Gasteiger partial charge >= 0.3 is 5.97 Å². The van der Waals surface area contributed by atoms with Crippen molar-refractivity contribution >= 4 is 50.1 Å². The molecule has 0 saturated carbocycles. The second kappa shape index (κ2) is 13.4. The number of anilines is 2. The number of aryl methyl sites for hydroxylation is 1. The van der Waals surface area contributed by atoms with Crippen molar-refractivity contribution in [2.45, 2.75) is 32.1 Å². The molecule has 42 heavy (non-hydrogen) atoms. The number of H-pyrrole nitrogens is 1. The van der Waals surface area contributed by atoms with Gasteiger partial charge in [0.2, 0.25) is 0 Å². The minimum Gasteiger partial charge on any atom is -0.464 e. The zero-order chi connectivity index (χ0) is 30.4. The number of nitrogens with one attached hydrogen (secondary N) is 3. The summed E-state index contributed by atoms with van der Waals surface area (Å²) in [4.78, 5) is 22.6. The number of carbonyl (C=O) groups excluding carboxylic acids is 1. The van der Waals surface area contributed by atoms with Crippen molar-refractivity contribution in [2.75, 3.05) is 43.3 Å². The van der Waals surface area contributed by atoms with Crippen LogP contribution in [0.3, 0.4) is 0 Å². The molecule has 4 rings (SSSR count). The van der Waals surface area contributed by atoms with E-state index in [-0.39, 0.29) is 22.6 Å². The molecular weight excluding hydrogens is 585 g/mol. The summed E-state index contributed by atoms with van der Waals surface area (Å²) in [7, 11) is -2.26. The van der Waals surface area contributed by atoms with Crippen molar-refractivity contribution in [1.29, 1.82) is 0 Å². The first-order valence-electron chi connectivity index (χ1n) is 13.3. The maximum atomic E-state index is 14.1. The monoisotopic (exact) mass is 617 g/mol. The van der Waals surface area contributed by atoms with Crippen molar-refractivity contribution in [2.24, 2.45) is 5.92 Å². The molecule has 0 aliphatic carbocycles. The Bertz CT molecular complexity index is 1660. The third-order valence-electron chi connectivity index (χ3n) is 6.28. The number of hydrogen-bond donors (Lipinski definition) is 3. The van der Waals surface area contributed by atoms with E-state index in [0.717, 1.165) is 23.2 Å². The first-order chi connectivity index (χ1) is 19.9. The van der Waals surface area contributed by atoms with Crippen LogP contribution >= 0.6 is 11.6 Å². The van der Waals surface area contributed by atoms with Crippen LogP contribution in [-0.4, -0.2) is 72.7 Å². The SMILES string of the molecule is Cc1n[nH]c2nc(-c3ccc(NS(=O)(=O)c4cc(Cl)ccc4F)cc3)nc(NCCN(C)CCOC(=O)CC(C)C)c12. The Hall–Kier alpha value is -3.81. The number of carbonyl (C=O) groups is 1. The van der Waals surface area contributed by atoms with Crippen molar-refractivity contribution in [3.63, 3.8) is 0 Å². The number of fused-ring (bicyclic) bond motifs is 1. The molecule has 2 aromatic carbocycles. The first-order valence-corrected chi connectivity index (χ1v) is 15.2. The molecule has 0 fully saturated rings. The van der Waals surface area contributed by atoms with Crippen LogP contribution in [0.2, 0.25) is 5.02 Å². The second-order valence-corrected chi connectivity index (χ2v) is 12.3. The third-order valence-corrected chi connectivity index (χ3v) is 7.91. The smallest absolute Gasteiger partial charge is 0.306 e. The highest BCUT2D eigenvalue weighted by molar-refractivity contribution is 7.92. The van der Waals surface area contributed by atoms with E-state index in [1.807, 2.05) is 32.7 Å². The molecule has 3 N–H and O–H groups in total. The average molecular weight is 618 g/mol. The Kier molecular flexibility index (Phi) is 9.97. The number of esters is 1. The summed E-state index contributed by atoms with van der Waals surface area (Å²) in [5.74, 6) is 0.157. The Morgan fingerprint density at radius 2 is 1.88 bits per heavy atom. The lowest BCUT2D eigenvalue weighted by atomic mass is 10.1. The maximum absolute atomic E-state index is 14.1. The van der Waals surface area contributed by atoms with Gasteiger partial charge in [0.25, 0.3) is 10.0 Å². The molecule has 0 amide bonds. The van der Waals surface area contributed by atoms with Gasteiger partial charge in [0, 0.05) is 42.3 Å². The van der Waals surface area contributed by atoms with Crippen molar-refractivity contribution in [3.8, 4) is 11.4 Å². The zero-order valence-electron chi connectivity index (χ0n) is 23.7. The molecule has 0 saturated heterocycles. The van der Waals surface area contributed by atoms with Gasteiger partial charge in [-0.3, -0.25) is 14.6 Å². The predicted molar refractivity (Wildman–Crippen MR) is 160 cm³/mol. The molecule has 224 valence electrons. The van der Waals surface area contributed by atoms with Gasteiger partial charge in [-0.1, -0.05) is 25.4 Å². The van der Waals surface area contributed by atoms with Crippen molar-refractivity contribution in [1.82, 2.24) is 25.1 Å². The summed E-state index contributed by atoms with van der Waals surface area (Å²) >= 11 is 5.86. The lowest BCUT2D eigenvalue weighted by Gasteiger charge is -2.17. The van der Waals surface area contributed by atoms with E-state index < -0.39 is 20.7 Å². The van der Waals surface area contributed by atoms with Crippen molar-refractivity contribution in [3.05, 3.63) is 59.0 Å². The molecule has 0 unspecified atom stereocenters. The zero-order valence-corrected chi connectivity index (χ0v) is 25.3. The fourth-order valence-electron chi connectivity index (χ4n) is 4.10. The van der Waals surface area contributed by atoms with Gasteiger partial charge in [0.1, 0.15) is 23.1 Å². The summed E-state index contributed by atoms with van der Waals surface area (Å²) in [5.41, 5.74) is 2.14. The maximum Gasteiger partial charge on any atom is 0.306 e. The quantitative estimate of drug-likeness (QED) is 0.179. The lowest BCUT2D eigenvalue weighted by molar-refractivity contribution is -0.144. The molecule has 0 radical (unpaired) electrons. The van der Waals surface area contributed by atoms with Crippen LogP contribution in [0.1, 0.15) is 26.0 Å².